The van der Waals surface area contributed by atoms with Gasteiger partial charge >= 0.3 is 6.03 Å². The van der Waals surface area contributed by atoms with Gasteiger partial charge in [-0.15, -0.1) is 0 Å². The number of benzene rings is 2. The van der Waals surface area contributed by atoms with E-state index in [4.69, 9.17) is 16.3 Å². The van der Waals surface area contributed by atoms with Gasteiger partial charge in [0.25, 0.3) is 0 Å². The molecule has 1 aliphatic rings. The van der Waals surface area contributed by atoms with Crippen molar-refractivity contribution in [1.82, 2.24) is 14.5 Å². The number of sulfonamides is 1. The number of halogens is 2. The third kappa shape index (κ3) is 5.62. The van der Waals surface area contributed by atoms with Crippen LogP contribution < -0.4 is 10.1 Å². The number of hydrogen-bond donors (Lipinski definition) is 1. The Morgan fingerprint density at radius 3 is 2.40 bits per heavy atom. The summed E-state index contributed by atoms with van der Waals surface area (Å²) in [4.78, 5) is 13.9. The molecule has 0 unspecified atom stereocenters. The Balaban J connectivity index is 1.40. The lowest BCUT2D eigenvalue weighted by atomic mass is 10.3. The number of nitrogens with zero attached hydrogens (tertiary/aromatic N) is 2. The Morgan fingerprint density at radius 1 is 1.07 bits per heavy atom. The number of urea groups is 1. The van der Waals surface area contributed by atoms with E-state index in [9.17, 15) is 17.6 Å². The molecule has 0 radical (unpaired) electrons. The minimum Gasteiger partial charge on any atom is -0.494 e. The second-order valence-corrected chi connectivity index (χ2v) is 9.02. The zero-order chi connectivity index (χ0) is 21.6. The van der Waals surface area contributed by atoms with Crippen molar-refractivity contribution in [2.24, 2.45) is 0 Å². The normalized spacial score (nSPS) is 15.1. The molecule has 0 saturated carbocycles. The first-order chi connectivity index (χ1) is 14.4. The highest BCUT2D eigenvalue weighted by Gasteiger charge is 2.31. The van der Waals surface area contributed by atoms with Crippen molar-refractivity contribution in [3.05, 3.63) is 59.4 Å². The van der Waals surface area contributed by atoms with Crippen LogP contribution in [0, 0.1) is 5.82 Å². The monoisotopic (exact) mass is 455 g/mol. The molecule has 1 saturated heterocycles. The van der Waals surface area contributed by atoms with Gasteiger partial charge in [0, 0.05) is 32.7 Å². The summed E-state index contributed by atoms with van der Waals surface area (Å²) in [5.74, 6) is 0.243. The largest absolute Gasteiger partial charge is 0.494 e. The predicted octanol–water partition coefficient (Wildman–Crippen LogP) is 2.96. The van der Waals surface area contributed by atoms with Crippen molar-refractivity contribution in [2.75, 3.05) is 39.3 Å². The first-order valence-corrected chi connectivity index (χ1v) is 11.4. The van der Waals surface area contributed by atoms with Crippen LogP contribution in [0.2, 0.25) is 5.02 Å². The van der Waals surface area contributed by atoms with E-state index in [0.717, 1.165) is 0 Å². The summed E-state index contributed by atoms with van der Waals surface area (Å²) in [6.45, 7) is 1.79. The average molecular weight is 456 g/mol. The number of carbonyl (C=O) groups is 1. The molecule has 2 aromatic carbocycles. The molecule has 0 aromatic heterocycles. The van der Waals surface area contributed by atoms with E-state index in [1.165, 1.54) is 28.6 Å². The Hall–Kier alpha value is -2.36. The Morgan fingerprint density at radius 2 is 1.73 bits per heavy atom. The van der Waals surface area contributed by atoms with E-state index in [1.54, 1.807) is 29.2 Å². The van der Waals surface area contributed by atoms with Crippen molar-refractivity contribution in [2.45, 2.75) is 11.3 Å². The molecule has 2 amide bonds. The van der Waals surface area contributed by atoms with Gasteiger partial charge in [-0.1, -0.05) is 23.7 Å². The van der Waals surface area contributed by atoms with Crippen LogP contribution in [0.25, 0.3) is 0 Å². The zero-order valence-electron chi connectivity index (χ0n) is 16.3. The van der Waals surface area contributed by atoms with Crippen LogP contribution in [-0.2, 0) is 10.0 Å². The molecule has 0 spiro atoms. The summed E-state index contributed by atoms with van der Waals surface area (Å²) < 4.78 is 45.2. The molecule has 1 fully saturated rings. The van der Waals surface area contributed by atoms with Gasteiger partial charge in [0.2, 0.25) is 10.0 Å². The van der Waals surface area contributed by atoms with Gasteiger partial charge in [-0.3, -0.25) is 0 Å². The minimum absolute atomic E-state index is 0.0747. The number of hydrogen-bond acceptors (Lipinski definition) is 4. The van der Waals surface area contributed by atoms with Gasteiger partial charge in [0.1, 0.15) is 16.5 Å². The highest BCUT2D eigenvalue weighted by atomic mass is 35.5. The molecule has 1 aliphatic heterocycles. The number of carbonyl (C=O) groups excluding carboxylic acids is 1. The molecule has 10 heteroatoms. The molecule has 3 rings (SSSR count). The summed E-state index contributed by atoms with van der Waals surface area (Å²) in [7, 11) is -3.69. The van der Waals surface area contributed by atoms with Gasteiger partial charge in [-0.05, 0) is 42.8 Å². The molecule has 7 nitrogen and oxygen atoms in total. The lowest BCUT2D eigenvalue weighted by Crippen LogP contribution is -2.53. The zero-order valence-corrected chi connectivity index (χ0v) is 17.8. The van der Waals surface area contributed by atoms with Crippen LogP contribution in [0.1, 0.15) is 6.42 Å². The molecule has 2 aromatic rings. The van der Waals surface area contributed by atoms with Crippen LogP contribution in [0.15, 0.2) is 53.4 Å². The van der Waals surface area contributed by atoms with Gasteiger partial charge in [0.05, 0.1) is 11.6 Å². The summed E-state index contributed by atoms with van der Waals surface area (Å²) in [5.41, 5.74) is 0. The smallest absolute Gasteiger partial charge is 0.317 e. The Bertz CT molecular complexity index is 964. The van der Waals surface area contributed by atoms with Crippen LogP contribution in [-0.4, -0.2) is 63.0 Å². The van der Waals surface area contributed by atoms with E-state index >= 15 is 0 Å². The highest BCUT2D eigenvalue weighted by Crippen LogP contribution is 2.25. The SMILES string of the molecule is O=C(NCCCOc1ccc(F)cc1)N1CCN(S(=O)(=O)c2ccccc2Cl)CC1. The second-order valence-electron chi connectivity index (χ2n) is 6.71. The molecular formula is C20H23ClFN3O4S. The molecule has 30 heavy (non-hydrogen) atoms. The molecule has 0 aliphatic carbocycles. The van der Waals surface area contributed by atoms with E-state index in [0.29, 0.717) is 38.4 Å². The Kier molecular flexibility index (Phi) is 7.52. The molecule has 0 atom stereocenters. The fourth-order valence-electron chi connectivity index (χ4n) is 3.02. The molecular weight excluding hydrogens is 433 g/mol. The lowest BCUT2D eigenvalue weighted by Gasteiger charge is -2.34. The third-order valence-electron chi connectivity index (χ3n) is 4.66. The van der Waals surface area contributed by atoms with Gasteiger partial charge in [-0.25, -0.2) is 17.6 Å². The van der Waals surface area contributed by atoms with Crippen LogP contribution >= 0.6 is 11.6 Å². The number of nitrogens with one attached hydrogen (secondary N) is 1. The van der Waals surface area contributed by atoms with Crippen molar-refractivity contribution in [1.29, 1.82) is 0 Å². The first kappa shape index (κ1) is 22.3. The maximum absolute atomic E-state index is 12.8. The predicted molar refractivity (Wildman–Crippen MR) is 112 cm³/mol. The van der Waals surface area contributed by atoms with Gasteiger partial charge in [0.15, 0.2) is 0 Å². The fourth-order valence-corrected chi connectivity index (χ4v) is 4.94. The van der Waals surface area contributed by atoms with Crippen molar-refractivity contribution in [3.8, 4) is 5.75 Å². The quantitative estimate of drug-likeness (QED) is 0.651. The number of piperazine rings is 1. The lowest BCUT2D eigenvalue weighted by molar-refractivity contribution is 0.171. The topological polar surface area (TPSA) is 79.0 Å². The van der Waals surface area contributed by atoms with E-state index < -0.39 is 10.0 Å². The molecule has 1 heterocycles. The van der Waals surface area contributed by atoms with Crippen LogP contribution in [0.3, 0.4) is 0 Å². The first-order valence-electron chi connectivity index (χ1n) is 9.54. The van der Waals surface area contributed by atoms with Crippen molar-refractivity contribution in [3.63, 3.8) is 0 Å². The standard InChI is InChI=1S/C20H23ClFN3O4S/c21-18-4-1-2-5-19(18)30(27,28)25-13-11-24(12-14-25)20(26)23-10-3-15-29-17-8-6-16(22)7-9-17/h1-2,4-9H,3,10-15H2,(H,23,26). The van der Waals surface area contributed by atoms with E-state index in [1.807, 2.05) is 0 Å². The fraction of sp³-hybridized carbons (Fsp3) is 0.350. The van der Waals surface area contributed by atoms with E-state index in [2.05, 4.69) is 5.32 Å². The molecule has 162 valence electrons. The van der Waals surface area contributed by atoms with Crippen LogP contribution in [0.4, 0.5) is 9.18 Å². The summed E-state index contributed by atoms with van der Waals surface area (Å²) in [6, 6.07) is 11.8. The summed E-state index contributed by atoms with van der Waals surface area (Å²) >= 11 is 6.03. The van der Waals surface area contributed by atoms with Crippen molar-refractivity contribution >= 4 is 27.7 Å². The summed E-state index contributed by atoms with van der Waals surface area (Å²) in [6.07, 6.45) is 0.587. The average Bonchev–Trinajstić information content (AvgIpc) is 2.75. The van der Waals surface area contributed by atoms with Gasteiger partial charge < -0.3 is 15.0 Å². The second kappa shape index (κ2) is 10.1. The molecule has 1 N–H and O–H groups in total. The van der Waals surface area contributed by atoms with Gasteiger partial charge in [-0.2, -0.15) is 4.31 Å². The maximum Gasteiger partial charge on any atom is 0.317 e. The summed E-state index contributed by atoms with van der Waals surface area (Å²) in [5, 5.41) is 2.98. The maximum atomic E-state index is 12.8. The number of ether oxygens (including phenoxy) is 1. The minimum atomic E-state index is -3.69. The van der Waals surface area contributed by atoms with Crippen molar-refractivity contribution < 1.29 is 22.3 Å². The Labute approximate surface area is 180 Å². The number of rotatable bonds is 7. The van der Waals surface area contributed by atoms with Crippen LogP contribution in [0.5, 0.6) is 5.75 Å². The highest BCUT2D eigenvalue weighted by molar-refractivity contribution is 7.89. The number of amides is 2. The molecule has 0 bridgehead atoms. The van der Waals surface area contributed by atoms with E-state index in [-0.39, 0.29) is 34.9 Å². The third-order valence-corrected chi connectivity index (χ3v) is 7.06.